The summed E-state index contributed by atoms with van der Waals surface area (Å²) in [6, 6.07) is 4.61. The van der Waals surface area contributed by atoms with E-state index in [1.807, 2.05) is 14.1 Å². The monoisotopic (exact) mass is 296 g/mol. The van der Waals surface area contributed by atoms with Crippen molar-refractivity contribution in [3.63, 3.8) is 0 Å². The number of rotatable bonds is 7. The number of hydrogen-bond acceptors (Lipinski definition) is 4. The fraction of sp³-hybridized carbons (Fsp3) is 0.533. The molecule has 1 atom stereocenters. The van der Waals surface area contributed by atoms with Crippen molar-refractivity contribution < 1.29 is 9.60 Å². The predicted octanol–water partition coefficient (Wildman–Crippen LogP) is 1.60. The first-order chi connectivity index (χ1) is 9.85. The van der Waals surface area contributed by atoms with E-state index >= 15 is 0 Å². The molecule has 0 saturated heterocycles. The third kappa shape index (κ3) is 5.32. The van der Waals surface area contributed by atoms with Crippen LogP contribution >= 0.6 is 0 Å². The molecule has 0 aliphatic rings. The number of halogens is 1. The van der Waals surface area contributed by atoms with Gasteiger partial charge in [-0.2, -0.15) is 0 Å². The van der Waals surface area contributed by atoms with Gasteiger partial charge in [0, 0.05) is 24.7 Å². The Labute approximate surface area is 125 Å². The van der Waals surface area contributed by atoms with Crippen LogP contribution in [0.4, 0.5) is 4.39 Å². The highest BCUT2D eigenvalue weighted by Crippen LogP contribution is 2.13. The zero-order valence-corrected chi connectivity index (χ0v) is 13.1. The predicted molar refractivity (Wildman–Crippen MR) is 82.9 cm³/mol. The molecule has 0 spiro atoms. The van der Waals surface area contributed by atoms with Crippen LogP contribution in [0, 0.1) is 11.7 Å². The van der Waals surface area contributed by atoms with E-state index in [4.69, 9.17) is 10.9 Å². The summed E-state index contributed by atoms with van der Waals surface area (Å²) in [5, 5.41) is 15.2. The van der Waals surface area contributed by atoms with Crippen LogP contribution in [0.3, 0.4) is 0 Å². The van der Waals surface area contributed by atoms with Gasteiger partial charge in [-0.3, -0.25) is 0 Å². The van der Waals surface area contributed by atoms with E-state index < -0.39 is 5.82 Å². The lowest BCUT2D eigenvalue weighted by atomic mass is 10.0. The van der Waals surface area contributed by atoms with Gasteiger partial charge in [0.2, 0.25) is 0 Å². The fourth-order valence-electron chi connectivity index (χ4n) is 2.14. The maximum atomic E-state index is 13.3. The Morgan fingerprint density at radius 1 is 1.43 bits per heavy atom. The Hall–Kier alpha value is -1.66. The lowest BCUT2D eigenvalue weighted by molar-refractivity contribution is 0.288. The molecule has 6 heteroatoms. The van der Waals surface area contributed by atoms with E-state index in [9.17, 15) is 4.39 Å². The number of likely N-dealkylation sites (N-methyl/N-ethyl adjacent to an activating group) is 1. The summed E-state index contributed by atoms with van der Waals surface area (Å²) in [4.78, 5) is 2.12. The minimum absolute atomic E-state index is 0.0833. The largest absolute Gasteiger partial charge is 0.409 e. The molecule has 1 aromatic carbocycles. The van der Waals surface area contributed by atoms with Gasteiger partial charge < -0.3 is 21.2 Å². The molecule has 0 aromatic heterocycles. The van der Waals surface area contributed by atoms with Crippen molar-refractivity contribution in [1.82, 2.24) is 10.2 Å². The van der Waals surface area contributed by atoms with Crippen molar-refractivity contribution in [3.05, 3.63) is 35.1 Å². The first-order valence-corrected chi connectivity index (χ1v) is 6.99. The summed E-state index contributed by atoms with van der Waals surface area (Å²) in [6.07, 6.45) is 0. The lowest BCUT2D eigenvalue weighted by Gasteiger charge is -2.26. The molecule has 0 amide bonds. The fourth-order valence-corrected chi connectivity index (χ4v) is 2.14. The van der Waals surface area contributed by atoms with Crippen molar-refractivity contribution >= 4 is 5.84 Å². The van der Waals surface area contributed by atoms with Gasteiger partial charge in [-0.05, 0) is 37.7 Å². The van der Waals surface area contributed by atoms with Gasteiger partial charge in [-0.1, -0.05) is 25.1 Å². The van der Waals surface area contributed by atoms with E-state index in [0.29, 0.717) is 24.1 Å². The summed E-state index contributed by atoms with van der Waals surface area (Å²) in [6.45, 7) is 5.73. The second-order valence-electron chi connectivity index (χ2n) is 5.78. The first kappa shape index (κ1) is 17.4. The second kappa shape index (κ2) is 7.95. The Kier molecular flexibility index (Phi) is 6.58. The maximum absolute atomic E-state index is 13.3. The molecule has 5 nitrogen and oxygen atoms in total. The van der Waals surface area contributed by atoms with Gasteiger partial charge in [0.05, 0.1) is 0 Å². The lowest BCUT2D eigenvalue weighted by Crippen LogP contribution is -2.41. The highest BCUT2D eigenvalue weighted by Gasteiger charge is 2.15. The van der Waals surface area contributed by atoms with Crippen molar-refractivity contribution in [3.8, 4) is 0 Å². The minimum Gasteiger partial charge on any atom is -0.409 e. The third-order valence-electron chi connectivity index (χ3n) is 3.38. The molecule has 0 aliphatic carbocycles. The van der Waals surface area contributed by atoms with Gasteiger partial charge in [0.15, 0.2) is 5.84 Å². The number of nitrogens with zero attached hydrogens (tertiary/aromatic N) is 2. The molecule has 1 aromatic rings. The Bertz CT molecular complexity index is 489. The van der Waals surface area contributed by atoms with Crippen molar-refractivity contribution in [2.45, 2.75) is 26.4 Å². The van der Waals surface area contributed by atoms with E-state index in [2.05, 4.69) is 29.2 Å². The summed E-state index contributed by atoms with van der Waals surface area (Å²) in [5.41, 5.74) is 6.82. The van der Waals surface area contributed by atoms with Gasteiger partial charge >= 0.3 is 0 Å². The Morgan fingerprint density at radius 3 is 2.62 bits per heavy atom. The zero-order valence-electron chi connectivity index (χ0n) is 13.1. The normalized spacial score (nSPS) is 14.0. The van der Waals surface area contributed by atoms with Crippen LogP contribution in [0.2, 0.25) is 0 Å². The van der Waals surface area contributed by atoms with Crippen molar-refractivity contribution in [1.29, 1.82) is 0 Å². The molecule has 118 valence electrons. The first-order valence-electron chi connectivity index (χ1n) is 6.99. The quantitative estimate of drug-likeness (QED) is 0.309. The molecule has 1 rings (SSSR count). The molecule has 4 N–H and O–H groups in total. The summed E-state index contributed by atoms with van der Waals surface area (Å²) < 4.78 is 13.3. The molecule has 0 aliphatic heterocycles. The van der Waals surface area contributed by atoms with Crippen LogP contribution in [-0.2, 0) is 6.54 Å². The van der Waals surface area contributed by atoms with Gasteiger partial charge in [0.25, 0.3) is 0 Å². The van der Waals surface area contributed by atoms with Crippen LogP contribution in [0.5, 0.6) is 0 Å². The average Bonchev–Trinajstić information content (AvgIpc) is 2.42. The summed E-state index contributed by atoms with van der Waals surface area (Å²) in [7, 11) is 4.05. The van der Waals surface area contributed by atoms with Crippen molar-refractivity contribution in [2.24, 2.45) is 16.8 Å². The molecule has 0 fully saturated rings. The number of oxime groups is 1. The number of benzene rings is 1. The Balaban J connectivity index is 2.87. The molecule has 21 heavy (non-hydrogen) atoms. The van der Waals surface area contributed by atoms with Gasteiger partial charge in [-0.15, -0.1) is 0 Å². The molecule has 0 heterocycles. The van der Waals surface area contributed by atoms with E-state index in [0.717, 1.165) is 12.1 Å². The van der Waals surface area contributed by atoms with Crippen LogP contribution in [-0.4, -0.2) is 42.6 Å². The smallest absolute Gasteiger partial charge is 0.170 e. The molecular weight excluding hydrogens is 271 g/mol. The van der Waals surface area contributed by atoms with E-state index in [1.165, 1.54) is 12.1 Å². The SMILES string of the molecule is CC(C)C(CN(C)C)NCc1ccc(F)cc1C(N)=NO. The molecule has 1 unspecified atom stereocenters. The van der Waals surface area contributed by atoms with Crippen LogP contribution in [0.1, 0.15) is 25.0 Å². The average molecular weight is 296 g/mol. The van der Waals surface area contributed by atoms with Crippen molar-refractivity contribution in [2.75, 3.05) is 20.6 Å². The number of nitrogens with two attached hydrogens (primary N) is 1. The maximum Gasteiger partial charge on any atom is 0.170 e. The molecule has 0 bridgehead atoms. The number of nitrogens with one attached hydrogen (secondary N) is 1. The number of hydrogen-bond donors (Lipinski definition) is 3. The minimum atomic E-state index is -0.408. The van der Waals surface area contributed by atoms with Crippen LogP contribution < -0.4 is 11.1 Å². The zero-order chi connectivity index (χ0) is 16.0. The van der Waals surface area contributed by atoms with E-state index in [1.54, 1.807) is 6.07 Å². The summed E-state index contributed by atoms with van der Waals surface area (Å²) in [5.74, 6) is -0.0331. The standard InChI is InChI=1S/C15H25FN4O/c1-10(2)14(9-20(3)4)18-8-11-5-6-12(16)7-13(11)15(17)19-21/h5-7,10,14,18,21H,8-9H2,1-4H3,(H2,17,19). The molecule has 0 saturated carbocycles. The molecule has 0 radical (unpaired) electrons. The van der Waals surface area contributed by atoms with Gasteiger partial charge in [0.1, 0.15) is 5.82 Å². The topological polar surface area (TPSA) is 73.9 Å². The summed E-state index contributed by atoms with van der Waals surface area (Å²) >= 11 is 0. The second-order valence-corrected chi connectivity index (χ2v) is 5.78. The van der Waals surface area contributed by atoms with E-state index in [-0.39, 0.29) is 5.84 Å². The Morgan fingerprint density at radius 2 is 2.10 bits per heavy atom. The van der Waals surface area contributed by atoms with Crippen LogP contribution in [0.25, 0.3) is 0 Å². The highest BCUT2D eigenvalue weighted by molar-refractivity contribution is 5.98. The highest BCUT2D eigenvalue weighted by atomic mass is 19.1. The third-order valence-corrected chi connectivity index (χ3v) is 3.38. The number of amidine groups is 1. The van der Waals surface area contributed by atoms with Crippen LogP contribution in [0.15, 0.2) is 23.4 Å². The van der Waals surface area contributed by atoms with Gasteiger partial charge in [-0.25, -0.2) is 4.39 Å². The molecular formula is C15H25FN4O.